The fourth-order valence-electron chi connectivity index (χ4n) is 5.69. The Hall–Kier alpha value is -3.46. The summed E-state index contributed by atoms with van der Waals surface area (Å²) in [4.78, 5) is 12.8. The largest absolute Gasteiger partial charge is 0.415 e. The molecule has 0 amide bonds. The van der Waals surface area contributed by atoms with Crippen LogP contribution in [0.4, 0.5) is 30.5 Å². The van der Waals surface area contributed by atoms with Gasteiger partial charge in [0, 0.05) is 44.7 Å². The monoisotopic (exact) mass is 621 g/mol. The van der Waals surface area contributed by atoms with Crippen LogP contribution in [0.25, 0.3) is 23.0 Å². The van der Waals surface area contributed by atoms with Crippen LogP contribution in [0, 0.1) is 12.3 Å². The van der Waals surface area contributed by atoms with E-state index in [2.05, 4.69) is 29.8 Å². The number of aromatic nitrogens is 4. The smallest absolute Gasteiger partial charge is 0.266 e. The van der Waals surface area contributed by atoms with E-state index in [-0.39, 0.29) is 43.4 Å². The molecule has 2 aliphatic heterocycles. The Balaban J connectivity index is 1.31. The van der Waals surface area contributed by atoms with Gasteiger partial charge >= 0.3 is 0 Å². The maximum atomic E-state index is 13.7. The van der Waals surface area contributed by atoms with Crippen molar-refractivity contribution < 1.29 is 31.1 Å². The van der Waals surface area contributed by atoms with Gasteiger partial charge in [0.25, 0.3) is 11.8 Å². The van der Waals surface area contributed by atoms with Gasteiger partial charge in [0.1, 0.15) is 17.6 Å². The molecule has 1 spiro atoms. The molecule has 43 heavy (non-hydrogen) atoms. The summed E-state index contributed by atoms with van der Waals surface area (Å²) in [5.74, 6) is -2.05. The van der Waals surface area contributed by atoms with Crippen molar-refractivity contribution in [2.24, 2.45) is 5.41 Å². The van der Waals surface area contributed by atoms with Crippen LogP contribution < -0.4 is 14.5 Å². The minimum atomic E-state index is -4.17. The van der Waals surface area contributed by atoms with Crippen molar-refractivity contribution in [3.63, 3.8) is 0 Å². The van der Waals surface area contributed by atoms with Crippen LogP contribution in [0.3, 0.4) is 0 Å². The molecule has 1 aliphatic carbocycles. The fraction of sp³-hybridized carbons (Fsp3) is 0.571. The molecule has 1 atom stereocenters. The molecule has 2 N–H and O–H groups in total. The van der Waals surface area contributed by atoms with Crippen LogP contribution in [0.15, 0.2) is 28.7 Å². The van der Waals surface area contributed by atoms with Crippen molar-refractivity contribution in [2.75, 3.05) is 54.0 Å². The lowest BCUT2D eigenvalue weighted by molar-refractivity contribution is -0.0222. The predicted octanol–water partition coefficient (Wildman–Crippen LogP) is 4.19. The summed E-state index contributed by atoms with van der Waals surface area (Å²) >= 11 is 0. The minimum absolute atomic E-state index is 0.129. The zero-order valence-electron chi connectivity index (χ0n) is 23.8. The van der Waals surface area contributed by atoms with Gasteiger partial charge in [-0.1, -0.05) is 0 Å². The lowest BCUT2D eigenvalue weighted by Crippen LogP contribution is -2.40. The number of nitrogens with zero attached hydrogens (tertiary/aromatic N) is 6. The number of nitrogens with one attached hydrogen (secondary N) is 1. The molecule has 3 fully saturated rings. The van der Waals surface area contributed by atoms with E-state index in [0.717, 1.165) is 25.9 Å². The quantitative estimate of drug-likeness (QED) is 0.358. The molecule has 232 valence electrons. The summed E-state index contributed by atoms with van der Waals surface area (Å²) in [7, 11) is -4.17. The Kier molecular flexibility index (Phi) is 7.73. The molecule has 2 aromatic heterocycles. The van der Waals surface area contributed by atoms with E-state index in [9.17, 15) is 26.7 Å². The van der Waals surface area contributed by atoms with Crippen LogP contribution in [0.1, 0.15) is 44.2 Å². The van der Waals surface area contributed by atoms with Gasteiger partial charge in [0.15, 0.2) is 0 Å². The molecule has 11 nitrogen and oxygen atoms in total. The summed E-state index contributed by atoms with van der Waals surface area (Å²) < 4.78 is 74.4. The Morgan fingerprint density at radius 2 is 1.65 bits per heavy atom. The summed E-state index contributed by atoms with van der Waals surface area (Å²) in [5.41, 5.74) is 2.86. The molecular weight excluding hydrogens is 587 g/mol. The lowest BCUT2D eigenvalue weighted by Gasteiger charge is -2.35. The van der Waals surface area contributed by atoms with Crippen LogP contribution in [0.5, 0.6) is 0 Å². The van der Waals surface area contributed by atoms with Gasteiger partial charge in [-0.05, 0) is 62.3 Å². The third-order valence-corrected chi connectivity index (χ3v) is 10.4. The van der Waals surface area contributed by atoms with E-state index in [1.807, 2.05) is 0 Å². The first-order valence-corrected chi connectivity index (χ1v) is 15.9. The number of hydrogen-bond acceptors (Lipinski definition) is 10. The van der Waals surface area contributed by atoms with Crippen molar-refractivity contribution in [1.29, 1.82) is 0 Å². The van der Waals surface area contributed by atoms with Crippen molar-refractivity contribution in [3.8, 4) is 23.0 Å². The number of piperidine rings is 2. The number of aliphatic hydroxyl groups is 1. The van der Waals surface area contributed by atoms with Crippen molar-refractivity contribution in [1.82, 2.24) is 20.2 Å². The third kappa shape index (κ3) is 6.28. The van der Waals surface area contributed by atoms with Gasteiger partial charge < -0.3 is 19.3 Å². The number of aryl methyl sites for hydroxylation is 1. The zero-order chi connectivity index (χ0) is 30.4. The molecule has 0 unspecified atom stereocenters. The number of rotatable bonds is 9. The Labute approximate surface area is 247 Å². The van der Waals surface area contributed by atoms with Gasteiger partial charge in [-0.3, -0.25) is 4.72 Å². The fourth-order valence-corrected chi connectivity index (χ4v) is 6.67. The molecule has 1 saturated carbocycles. The normalized spacial score (nSPS) is 20.3. The lowest BCUT2D eigenvalue weighted by atomic mass is 9.93. The van der Waals surface area contributed by atoms with Crippen molar-refractivity contribution >= 4 is 27.3 Å². The number of hydrogen-bond donors (Lipinski definition) is 2. The van der Waals surface area contributed by atoms with Crippen molar-refractivity contribution in [3.05, 3.63) is 30.0 Å². The summed E-state index contributed by atoms with van der Waals surface area (Å²) in [6, 6.07) is 6.53. The molecule has 0 bridgehead atoms. The highest BCUT2D eigenvalue weighted by atomic mass is 32.2. The number of anilines is 3. The van der Waals surface area contributed by atoms with Crippen LogP contribution >= 0.6 is 0 Å². The number of benzene rings is 1. The van der Waals surface area contributed by atoms with E-state index in [4.69, 9.17) is 4.42 Å². The zero-order valence-corrected chi connectivity index (χ0v) is 24.6. The molecule has 0 radical (unpaired) electrons. The van der Waals surface area contributed by atoms with E-state index in [0.29, 0.717) is 34.0 Å². The third-order valence-electron chi connectivity index (χ3n) is 8.69. The molecule has 6 rings (SSSR count). The van der Waals surface area contributed by atoms with E-state index >= 15 is 0 Å². The molecule has 2 saturated heterocycles. The number of sulfonamides is 1. The number of alkyl halides is 3. The SMILES string of the molecule is Cc1cc(-c2nnc(-c3ccc(NS(=O)(=O)[C@H](CO)CF)cc3N3CCC4(CC3)CC4)o2)nc(N2CCC(F)(F)CC2)n1. The first-order chi connectivity index (χ1) is 20.5. The predicted molar refractivity (Wildman–Crippen MR) is 154 cm³/mol. The van der Waals surface area contributed by atoms with Crippen LogP contribution in [-0.2, 0) is 10.0 Å². The standard InChI is InChI=1S/C28H34F3N7O4S/c1-18-14-22(33-26(32-18)38-12-8-28(30,31)9-13-38)25-35-34-24(42-25)21-3-2-19(36-43(40,41)20(16-29)17-39)15-23(21)37-10-6-27(4-5-27)7-11-37/h2-3,14-15,20,36,39H,4-13,16-17H2,1H3/t20-/m0/s1. The van der Waals surface area contributed by atoms with Crippen LogP contribution in [0.2, 0.25) is 0 Å². The Bertz CT molecular complexity index is 1570. The van der Waals surface area contributed by atoms with Gasteiger partial charge in [-0.15, -0.1) is 10.2 Å². The second-order valence-corrected chi connectivity index (χ2v) is 13.7. The van der Waals surface area contributed by atoms with Crippen molar-refractivity contribution in [2.45, 2.75) is 56.6 Å². The molecule has 3 aromatic rings. The maximum absolute atomic E-state index is 13.7. The average molecular weight is 622 g/mol. The Morgan fingerprint density at radius 1 is 0.977 bits per heavy atom. The molecule has 1 aromatic carbocycles. The van der Waals surface area contributed by atoms with Gasteiger partial charge in [-0.25, -0.2) is 31.6 Å². The van der Waals surface area contributed by atoms with Gasteiger partial charge in [-0.2, -0.15) is 0 Å². The highest BCUT2D eigenvalue weighted by Gasteiger charge is 2.44. The van der Waals surface area contributed by atoms with Gasteiger partial charge in [0.2, 0.25) is 21.9 Å². The molecule has 3 aliphatic rings. The van der Waals surface area contributed by atoms with Gasteiger partial charge in [0.05, 0.1) is 23.5 Å². The highest BCUT2D eigenvalue weighted by Crippen LogP contribution is 2.54. The second-order valence-electron chi connectivity index (χ2n) is 11.8. The first-order valence-electron chi connectivity index (χ1n) is 14.4. The summed E-state index contributed by atoms with van der Waals surface area (Å²) in [6.45, 7) is 1.50. The Morgan fingerprint density at radius 3 is 2.30 bits per heavy atom. The summed E-state index contributed by atoms with van der Waals surface area (Å²) in [6.07, 6.45) is 3.91. The summed E-state index contributed by atoms with van der Waals surface area (Å²) in [5, 5.41) is 16.2. The van der Waals surface area contributed by atoms with Crippen LogP contribution in [-0.4, -0.2) is 84.3 Å². The van der Waals surface area contributed by atoms with E-state index in [1.165, 1.54) is 18.9 Å². The highest BCUT2D eigenvalue weighted by molar-refractivity contribution is 7.93. The number of halogens is 3. The molecular formula is C28H34F3N7O4S. The minimum Gasteiger partial charge on any atom is -0.415 e. The second kappa shape index (κ2) is 11.2. The van der Waals surface area contributed by atoms with E-state index < -0.39 is 34.5 Å². The molecule has 15 heteroatoms. The average Bonchev–Trinajstić information content (AvgIpc) is 3.53. The maximum Gasteiger partial charge on any atom is 0.266 e. The topological polar surface area (TPSA) is 138 Å². The first kappa shape index (κ1) is 29.6. The molecule has 4 heterocycles. The van der Waals surface area contributed by atoms with E-state index in [1.54, 1.807) is 30.0 Å². The number of aliphatic hydroxyl groups excluding tert-OH is 1.